The van der Waals surface area contributed by atoms with Crippen LogP contribution in [0.15, 0.2) is 12.1 Å². The average Bonchev–Trinajstić information content (AvgIpc) is 2.25. The molecule has 1 aromatic carbocycles. The van der Waals surface area contributed by atoms with Crippen LogP contribution in [-0.2, 0) is 4.79 Å². The number of halogens is 3. The molecule has 0 aliphatic rings. The van der Waals surface area contributed by atoms with Crippen LogP contribution in [0.3, 0.4) is 0 Å². The fraction of sp³-hybridized carbons (Fsp3) is 0.417. The van der Waals surface area contributed by atoms with Crippen molar-refractivity contribution in [1.82, 2.24) is 0 Å². The summed E-state index contributed by atoms with van der Waals surface area (Å²) in [5.74, 6) is -4.76. The van der Waals surface area contributed by atoms with E-state index in [4.69, 9.17) is 5.73 Å². The quantitative estimate of drug-likeness (QED) is 0.816. The molecule has 0 aliphatic carbocycles. The van der Waals surface area contributed by atoms with Crippen molar-refractivity contribution in [2.24, 2.45) is 17.6 Å². The highest BCUT2D eigenvalue weighted by Gasteiger charge is 2.22. The van der Waals surface area contributed by atoms with Gasteiger partial charge in [-0.1, -0.05) is 13.8 Å². The third kappa shape index (κ3) is 3.22. The number of carbonyl (C=O) groups is 1. The first kappa shape index (κ1) is 14.5. The van der Waals surface area contributed by atoms with Crippen LogP contribution in [0.4, 0.5) is 18.9 Å². The summed E-state index contributed by atoms with van der Waals surface area (Å²) in [5.41, 5.74) is 4.91. The fourth-order valence-electron chi connectivity index (χ4n) is 1.55. The van der Waals surface area contributed by atoms with Crippen molar-refractivity contribution in [3.8, 4) is 0 Å². The lowest BCUT2D eigenvalue weighted by atomic mass is 9.95. The smallest absolute Gasteiger partial charge is 0.229 e. The lowest BCUT2D eigenvalue weighted by Gasteiger charge is -2.18. The van der Waals surface area contributed by atoms with Crippen molar-refractivity contribution in [1.29, 1.82) is 0 Å². The first-order valence-electron chi connectivity index (χ1n) is 5.52. The zero-order chi connectivity index (χ0) is 13.9. The normalized spacial score (nSPS) is 12.6. The van der Waals surface area contributed by atoms with E-state index in [1.165, 1.54) is 0 Å². The van der Waals surface area contributed by atoms with Gasteiger partial charge in [-0.05, 0) is 5.92 Å². The minimum absolute atomic E-state index is 0.0588. The number of rotatable bonds is 4. The van der Waals surface area contributed by atoms with Crippen molar-refractivity contribution in [3.05, 3.63) is 29.6 Å². The average molecular weight is 260 g/mol. The van der Waals surface area contributed by atoms with E-state index in [1.807, 2.05) is 0 Å². The predicted molar refractivity (Wildman–Crippen MR) is 62.3 cm³/mol. The molecule has 0 spiro atoms. The van der Waals surface area contributed by atoms with Gasteiger partial charge in [0.2, 0.25) is 5.91 Å². The van der Waals surface area contributed by atoms with E-state index in [9.17, 15) is 18.0 Å². The van der Waals surface area contributed by atoms with Gasteiger partial charge in [-0.3, -0.25) is 4.79 Å². The van der Waals surface area contributed by atoms with Gasteiger partial charge in [-0.2, -0.15) is 0 Å². The van der Waals surface area contributed by atoms with Crippen molar-refractivity contribution in [2.75, 3.05) is 11.9 Å². The molecule has 1 amide bonds. The summed E-state index contributed by atoms with van der Waals surface area (Å²) in [6.07, 6.45) is 0. The summed E-state index contributed by atoms with van der Waals surface area (Å²) in [7, 11) is 0. The standard InChI is InChI=1S/C12H15F3N2O/c1-6(2)8(5-16)12(18)17-10-4-7(13)3-9(14)11(10)15/h3-4,6,8H,5,16H2,1-2H3,(H,17,18). The molecule has 0 aromatic heterocycles. The van der Waals surface area contributed by atoms with E-state index in [1.54, 1.807) is 13.8 Å². The van der Waals surface area contributed by atoms with Crippen LogP contribution in [0.1, 0.15) is 13.8 Å². The second kappa shape index (κ2) is 5.86. The van der Waals surface area contributed by atoms with Crippen LogP contribution < -0.4 is 11.1 Å². The van der Waals surface area contributed by atoms with Gasteiger partial charge in [0, 0.05) is 18.7 Å². The van der Waals surface area contributed by atoms with Crippen LogP contribution >= 0.6 is 0 Å². The highest BCUT2D eigenvalue weighted by atomic mass is 19.2. The molecular weight excluding hydrogens is 245 g/mol. The molecule has 3 N–H and O–H groups in total. The third-order valence-corrected chi connectivity index (χ3v) is 2.65. The molecule has 0 saturated heterocycles. The Balaban J connectivity index is 2.94. The van der Waals surface area contributed by atoms with Crippen molar-refractivity contribution < 1.29 is 18.0 Å². The maximum Gasteiger partial charge on any atom is 0.229 e. The second-order valence-electron chi connectivity index (χ2n) is 4.32. The highest BCUT2D eigenvalue weighted by molar-refractivity contribution is 5.93. The van der Waals surface area contributed by atoms with Gasteiger partial charge in [-0.25, -0.2) is 13.2 Å². The number of benzene rings is 1. The Kier molecular flexibility index (Phi) is 4.72. The summed E-state index contributed by atoms with van der Waals surface area (Å²) in [6.45, 7) is 3.63. The van der Waals surface area contributed by atoms with E-state index in [0.717, 1.165) is 6.07 Å². The summed E-state index contributed by atoms with van der Waals surface area (Å²) in [5, 5.41) is 2.15. The first-order chi connectivity index (χ1) is 8.36. The summed E-state index contributed by atoms with van der Waals surface area (Å²) in [4.78, 5) is 11.8. The molecule has 0 bridgehead atoms. The second-order valence-corrected chi connectivity index (χ2v) is 4.32. The van der Waals surface area contributed by atoms with Crippen molar-refractivity contribution >= 4 is 11.6 Å². The molecule has 0 aliphatic heterocycles. The molecule has 1 unspecified atom stereocenters. The van der Waals surface area contributed by atoms with E-state index in [-0.39, 0.29) is 12.5 Å². The third-order valence-electron chi connectivity index (χ3n) is 2.65. The summed E-state index contributed by atoms with van der Waals surface area (Å²) < 4.78 is 39.2. The van der Waals surface area contributed by atoms with Gasteiger partial charge in [0.25, 0.3) is 0 Å². The Labute approximate surface area is 103 Å². The molecule has 1 rings (SSSR count). The van der Waals surface area contributed by atoms with Gasteiger partial charge in [0.05, 0.1) is 11.6 Å². The monoisotopic (exact) mass is 260 g/mol. The Hall–Kier alpha value is -1.56. The predicted octanol–water partition coefficient (Wildman–Crippen LogP) is 2.27. The maximum absolute atomic E-state index is 13.3. The number of carbonyl (C=O) groups excluding carboxylic acids is 1. The van der Waals surface area contributed by atoms with Crippen LogP contribution in [-0.4, -0.2) is 12.5 Å². The van der Waals surface area contributed by atoms with Gasteiger partial charge >= 0.3 is 0 Å². The Morgan fingerprint density at radius 3 is 2.44 bits per heavy atom. The maximum atomic E-state index is 13.3. The zero-order valence-corrected chi connectivity index (χ0v) is 10.1. The number of hydrogen-bond donors (Lipinski definition) is 2. The van der Waals surface area contributed by atoms with Gasteiger partial charge in [0.15, 0.2) is 11.6 Å². The molecule has 0 fully saturated rings. The SMILES string of the molecule is CC(C)C(CN)C(=O)Nc1cc(F)cc(F)c1F. The number of amides is 1. The number of nitrogens with one attached hydrogen (secondary N) is 1. The van der Waals surface area contributed by atoms with E-state index in [2.05, 4.69) is 5.32 Å². The molecule has 6 heteroatoms. The fourth-order valence-corrected chi connectivity index (χ4v) is 1.55. The van der Waals surface area contributed by atoms with E-state index in [0.29, 0.717) is 6.07 Å². The molecule has 3 nitrogen and oxygen atoms in total. The van der Waals surface area contributed by atoms with Crippen LogP contribution in [0.25, 0.3) is 0 Å². The van der Waals surface area contributed by atoms with Crippen molar-refractivity contribution in [3.63, 3.8) is 0 Å². The molecule has 0 heterocycles. The summed E-state index contributed by atoms with van der Waals surface area (Å²) >= 11 is 0. The van der Waals surface area contributed by atoms with E-state index < -0.39 is 35.0 Å². The van der Waals surface area contributed by atoms with E-state index >= 15 is 0 Å². The zero-order valence-electron chi connectivity index (χ0n) is 10.1. The topological polar surface area (TPSA) is 55.1 Å². The van der Waals surface area contributed by atoms with Crippen molar-refractivity contribution in [2.45, 2.75) is 13.8 Å². The number of hydrogen-bond acceptors (Lipinski definition) is 2. The Morgan fingerprint density at radius 1 is 1.33 bits per heavy atom. The molecular formula is C12H15F3N2O. The molecule has 1 aromatic rings. The van der Waals surface area contributed by atoms with Gasteiger partial charge < -0.3 is 11.1 Å². The molecule has 1 atom stereocenters. The molecule has 0 saturated carbocycles. The summed E-state index contributed by atoms with van der Waals surface area (Å²) in [6, 6.07) is 1.14. The lowest BCUT2D eigenvalue weighted by Crippen LogP contribution is -2.33. The Bertz CT molecular complexity index is 449. The largest absolute Gasteiger partial charge is 0.330 e. The highest BCUT2D eigenvalue weighted by Crippen LogP contribution is 2.21. The van der Waals surface area contributed by atoms with Crippen LogP contribution in [0, 0.1) is 29.3 Å². The lowest BCUT2D eigenvalue weighted by molar-refractivity contribution is -0.120. The van der Waals surface area contributed by atoms with Crippen LogP contribution in [0.2, 0.25) is 0 Å². The van der Waals surface area contributed by atoms with Gasteiger partial charge in [0.1, 0.15) is 5.82 Å². The minimum Gasteiger partial charge on any atom is -0.330 e. The first-order valence-corrected chi connectivity index (χ1v) is 5.52. The molecule has 100 valence electrons. The minimum atomic E-state index is -1.35. The number of anilines is 1. The number of nitrogens with two attached hydrogens (primary N) is 1. The Morgan fingerprint density at radius 2 is 1.94 bits per heavy atom. The van der Waals surface area contributed by atoms with Crippen LogP contribution in [0.5, 0.6) is 0 Å². The molecule has 0 radical (unpaired) electrons. The molecule has 18 heavy (non-hydrogen) atoms. The van der Waals surface area contributed by atoms with Gasteiger partial charge in [-0.15, -0.1) is 0 Å².